The number of ether oxygens (including phenoxy) is 2. The van der Waals surface area contributed by atoms with Gasteiger partial charge in [-0.05, 0) is 49.5 Å². The number of amides is 1. The number of hydrogen-bond donors (Lipinski definition) is 0. The second-order valence-electron chi connectivity index (χ2n) is 7.05. The van der Waals surface area contributed by atoms with E-state index in [1.165, 1.54) is 0 Å². The number of rotatable bonds is 5. The number of methoxy groups -OCH3 is 2. The van der Waals surface area contributed by atoms with Crippen molar-refractivity contribution in [3.05, 3.63) is 42.2 Å². The summed E-state index contributed by atoms with van der Waals surface area (Å²) < 4.78 is 10.6. The van der Waals surface area contributed by atoms with Crippen LogP contribution in [-0.4, -0.2) is 52.1 Å². The van der Waals surface area contributed by atoms with Crippen LogP contribution in [0, 0.1) is 0 Å². The van der Waals surface area contributed by atoms with Crippen LogP contribution in [0.5, 0.6) is 11.5 Å². The molecule has 2 atom stereocenters. The molecule has 2 aromatic rings. The molecule has 0 saturated carbocycles. The highest BCUT2D eigenvalue weighted by Gasteiger charge is 2.43. The first kappa shape index (κ1) is 17.6. The lowest BCUT2D eigenvalue weighted by molar-refractivity contribution is -0.130. The van der Waals surface area contributed by atoms with Crippen LogP contribution in [0.2, 0.25) is 0 Å². The average Bonchev–Trinajstić information content (AvgIpc) is 3.32. The highest BCUT2D eigenvalue weighted by Crippen LogP contribution is 2.40. The number of nitrogens with zero attached hydrogens (tertiary/aromatic N) is 4. The van der Waals surface area contributed by atoms with Crippen molar-refractivity contribution in [3.8, 4) is 11.5 Å². The predicted molar refractivity (Wildman–Crippen MR) is 101 cm³/mol. The maximum atomic E-state index is 12.8. The molecule has 0 N–H and O–H groups in total. The van der Waals surface area contributed by atoms with Gasteiger partial charge in [0.15, 0.2) is 11.5 Å². The van der Waals surface area contributed by atoms with E-state index >= 15 is 0 Å². The van der Waals surface area contributed by atoms with Crippen molar-refractivity contribution >= 4 is 12.0 Å². The Morgan fingerprint density at radius 3 is 2.33 bits per heavy atom. The monoisotopic (exact) mass is 368 g/mol. The standard InChI is InChI=1S/C20H24N4O3/c1-26-18-7-3-14(11-19(18)27-2)4-8-20(25)23-15-5-6-16(23)13-17(12-15)24-21-9-10-22-24/h3-4,7-11,15-17H,5-6,12-13H2,1-2H3/b8-4+. The summed E-state index contributed by atoms with van der Waals surface area (Å²) in [6.07, 6.45) is 10.9. The lowest BCUT2D eigenvalue weighted by Gasteiger charge is -2.38. The van der Waals surface area contributed by atoms with Gasteiger partial charge in [0, 0.05) is 18.2 Å². The summed E-state index contributed by atoms with van der Waals surface area (Å²) in [6, 6.07) is 6.44. The van der Waals surface area contributed by atoms with Crippen LogP contribution in [0.4, 0.5) is 0 Å². The SMILES string of the molecule is COc1ccc(/C=C/C(=O)N2C3CCC2CC(n2nccn2)C3)cc1OC. The third-order valence-electron chi connectivity index (χ3n) is 5.55. The Balaban J connectivity index is 1.45. The quantitative estimate of drug-likeness (QED) is 0.759. The van der Waals surface area contributed by atoms with Crippen molar-refractivity contribution in [2.75, 3.05) is 14.2 Å². The number of carbonyl (C=O) groups excluding carboxylic acids is 1. The van der Waals surface area contributed by atoms with Crippen molar-refractivity contribution in [1.82, 2.24) is 19.9 Å². The van der Waals surface area contributed by atoms with Gasteiger partial charge in [-0.1, -0.05) is 6.07 Å². The van der Waals surface area contributed by atoms with E-state index in [0.717, 1.165) is 31.2 Å². The van der Waals surface area contributed by atoms with Crippen molar-refractivity contribution in [3.63, 3.8) is 0 Å². The van der Waals surface area contributed by atoms with Gasteiger partial charge in [-0.25, -0.2) is 0 Å². The molecule has 0 radical (unpaired) electrons. The summed E-state index contributed by atoms with van der Waals surface area (Å²) in [5, 5.41) is 8.56. The fourth-order valence-corrected chi connectivity index (χ4v) is 4.32. The van der Waals surface area contributed by atoms with E-state index in [0.29, 0.717) is 11.5 Å². The molecule has 4 rings (SSSR count). The molecule has 2 aliphatic heterocycles. The van der Waals surface area contributed by atoms with Gasteiger partial charge in [0.1, 0.15) is 0 Å². The minimum Gasteiger partial charge on any atom is -0.493 e. The number of fused-ring (bicyclic) bond motifs is 2. The summed E-state index contributed by atoms with van der Waals surface area (Å²) in [5.41, 5.74) is 0.906. The zero-order chi connectivity index (χ0) is 18.8. The molecule has 0 aliphatic carbocycles. The molecule has 27 heavy (non-hydrogen) atoms. The Labute approximate surface area is 158 Å². The molecule has 2 unspecified atom stereocenters. The number of benzene rings is 1. The molecule has 1 amide bonds. The smallest absolute Gasteiger partial charge is 0.247 e. The molecule has 3 heterocycles. The fraction of sp³-hybridized carbons (Fsp3) is 0.450. The topological polar surface area (TPSA) is 69.5 Å². The lowest BCUT2D eigenvalue weighted by atomic mass is 9.97. The average molecular weight is 368 g/mol. The van der Waals surface area contributed by atoms with Crippen LogP contribution in [0.15, 0.2) is 36.7 Å². The van der Waals surface area contributed by atoms with Gasteiger partial charge in [0.25, 0.3) is 0 Å². The fourth-order valence-electron chi connectivity index (χ4n) is 4.32. The van der Waals surface area contributed by atoms with Crippen molar-refractivity contribution in [1.29, 1.82) is 0 Å². The lowest BCUT2D eigenvalue weighted by Crippen LogP contribution is -2.46. The summed E-state index contributed by atoms with van der Waals surface area (Å²) in [6.45, 7) is 0. The first-order valence-electron chi connectivity index (χ1n) is 9.28. The highest BCUT2D eigenvalue weighted by molar-refractivity contribution is 5.92. The van der Waals surface area contributed by atoms with Gasteiger partial charge >= 0.3 is 0 Å². The Morgan fingerprint density at radius 2 is 1.70 bits per heavy atom. The Hall–Kier alpha value is -2.83. The van der Waals surface area contributed by atoms with E-state index < -0.39 is 0 Å². The van der Waals surface area contributed by atoms with Crippen LogP contribution in [0.1, 0.15) is 37.3 Å². The van der Waals surface area contributed by atoms with Crippen molar-refractivity contribution < 1.29 is 14.3 Å². The van der Waals surface area contributed by atoms with E-state index in [2.05, 4.69) is 15.1 Å². The molecule has 1 aromatic carbocycles. The Bertz CT molecular complexity index is 820. The number of piperidine rings is 1. The van der Waals surface area contributed by atoms with Gasteiger partial charge in [-0.2, -0.15) is 15.0 Å². The van der Waals surface area contributed by atoms with Crippen LogP contribution in [-0.2, 0) is 4.79 Å². The maximum absolute atomic E-state index is 12.8. The Kier molecular flexibility index (Phi) is 4.83. The Morgan fingerprint density at radius 1 is 1.04 bits per heavy atom. The molecule has 1 aromatic heterocycles. The summed E-state index contributed by atoms with van der Waals surface area (Å²) in [4.78, 5) is 16.7. The van der Waals surface area contributed by atoms with Crippen LogP contribution in [0.3, 0.4) is 0 Å². The van der Waals surface area contributed by atoms with Crippen LogP contribution in [0.25, 0.3) is 6.08 Å². The van der Waals surface area contributed by atoms with Gasteiger partial charge in [0.2, 0.25) is 5.91 Å². The molecule has 142 valence electrons. The minimum absolute atomic E-state index is 0.0733. The molecule has 7 nitrogen and oxygen atoms in total. The van der Waals surface area contributed by atoms with E-state index in [1.54, 1.807) is 37.5 Å². The minimum atomic E-state index is 0.0733. The molecular weight excluding hydrogens is 344 g/mol. The third-order valence-corrected chi connectivity index (χ3v) is 5.55. The maximum Gasteiger partial charge on any atom is 0.247 e. The van der Waals surface area contributed by atoms with Crippen molar-refractivity contribution in [2.45, 2.75) is 43.8 Å². The number of hydrogen-bond acceptors (Lipinski definition) is 5. The molecule has 7 heteroatoms. The number of carbonyl (C=O) groups is 1. The first-order chi connectivity index (χ1) is 13.2. The van der Waals surface area contributed by atoms with E-state index in [1.807, 2.05) is 24.3 Å². The molecule has 2 fully saturated rings. The second-order valence-corrected chi connectivity index (χ2v) is 7.05. The van der Waals surface area contributed by atoms with Crippen molar-refractivity contribution in [2.24, 2.45) is 0 Å². The predicted octanol–water partition coefficient (Wildman–Crippen LogP) is 2.70. The molecular formula is C20H24N4O3. The molecule has 2 aliphatic rings. The van der Waals surface area contributed by atoms with E-state index in [-0.39, 0.29) is 24.0 Å². The second kappa shape index (κ2) is 7.42. The van der Waals surface area contributed by atoms with E-state index in [9.17, 15) is 4.79 Å². The van der Waals surface area contributed by atoms with Gasteiger partial charge in [0.05, 0.1) is 32.7 Å². The summed E-state index contributed by atoms with van der Waals surface area (Å²) in [7, 11) is 3.21. The third kappa shape index (κ3) is 3.41. The zero-order valence-electron chi connectivity index (χ0n) is 15.6. The van der Waals surface area contributed by atoms with Gasteiger partial charge in [-0.15, -0.1) is 0 Å². The molecule has 2 saturated heterocycles. The van der Waals surface area contributed by atoms with Crippen LogP contribution >= 0.6 is 0 Å². The van der Waals surface area contributed by atoms with Gasteiger partial charge < -0.3 is 14.4 Å². The highest BCUT2D eigenvalue weighted by atomic mass is 16.5. The first-order valence-corrected chi connectivity index (χ1v) is 9.28. The molecule has 0 spiro atoms. The number of aromatic nitrogens is 3. The zero-order valence-corrected chi connectivity index (χ0v) is 15.6. The van der Waals surface area contributed by atoms with Crippen LogP contribution < -0.4 is 9.47 Å². The summed E-state index contributed by atoms with van der Waals surface area (Å²) in [5.74, 6) is 1.40. The summed E-state index contributed by atoms with van der Waals surface area (Å²) >= 11 is 0. The molecule has 2 bridgehead atoms. The van der Waals surface area contributed by atoms with Gasteiger partial charge in [-0.3, -0.25) is 4.79 Å². The normalized spacial score (nSPS) is 24.4. The van der Waals surface area contributed by atoms with E-state index in [4.69, 9.17) is 9.47 Å². The largest absolute Gasteiger partial charge is 0.493 e.